The van der Waals surface area contributed by atoms with E-state index in [1.807, 2.05) is 32.0 Å². The first-order valence-electron chi connectivity index (χ1n) is 11.5. The van der Waals surface area contributed by atoms with Crippen LogP contribution in [0.3, 0.4) is 0 Å². The normalized spacial score (nSPS) is 14.8. The minimum atomic E-state index is -3.87. The molecule has 2 N–H and O–H groups in total. The molecular weight excluding hydrogens is 486 g/mol. The van der Waals surface area contributed by atoms with Crippen LogP contribution in [-0.2, 0) is 19.4 Å². The zero-order chi connectivity index (χ0) is 25.3. The summed E-state index contributed by atoms with van der Waals surface area (Å²) >= 11 is 1.18. The summed E-state index contributed by atoms with van der Waals surface area (Å²) in [6.07, 6.45) is 3.53. The monoisotopic (exact) mass is 515 g/mol. The SMILES string of the molecule is Cc1cc(-c2cc3sc(C(C(=O)NCC(=O)NC4CC4)S(=O)(=O)CC(C)C)nc3cc2C)cnn1. The number of hydrogen-bond donors (Lipinski definition) is 2. The summed E-state index contributed by atoms with van der Waals surface area (Å²) in [6, 6.07) is 5.91. The first-order chi connectivity index (χ1) is 16.5. The standard InChI is InChI=1S/C24H29N5O4S2/c1-13(2)12-35(32,33)22(23(31)25-11-21(30)27-17-5-6-17)24-28-19-7-14(3)18(9-20(19)34-24)16-8-15(4)29-26-10-16/h7-10,13,17,22H,5-6,11-12H2,1-4H3,(H,25,31)(H,27,30). The zero-order valence-electron chi connectivity index (χ0n) is 20.2. The highest BCUT2D eigenvalue weighted by Crippen LogP contribution is 2.36. The summed E-state index contributed by atoms with van der Waals surface area (Å²) in [7, 11) is -3.87. The van der Waals surface area contributed by atoms with E-state index in [2.05, 4.69) is 25.8 Å². The zero-order valence-corrected chi connectivity index (χ0v) is 21.8. The van der Waals surface area contributed by atoms with E-state index in [1.54, 1.807) is 20.0 Å². The third kappa shape index (κ3) is 6.02. The molecule has 1 saturated carbocycles. The van der Waals surface area contributed by atoms with Gasteiger partial charge in [-0.1, -0.05) is 13.8 Å². The Morgan fingerprint density at radius 2 is 1.91 bits per heavy atom. The van der Waals surface area contributed by atoms with Crippen molar-refractivity contribution in [3.8, 4) is 11.1 Å². The van der Waals surface area contributed by atoms with Crippen molar-refractivity contribution in [1.29, 1.82) is 0 Å². The van der Waals surface area contributed by atoms with E-state index in [4.69, 9.17) is 0 Å². The Morgan fingerprint density at radius 3 is 2.57 bits per heavy atom. The van der Waals surface area contributed by atoms with Gasteiger partial charge in [0.1, 0.15) is 5.01 Å². The van der Waals surface area contributed by atoms with E-state index < -0.39 is 21.0 Å². The smallest absolute Gasteiger partial charge is 0.245 e. The highest BCUT2D eigenvalue weighted by Gasteiger charge is 2.37. The van der Waals surface area contributed by atoms with Gasteiger partial charge >= 0.3 is 0 Å². The molecule has 11 heteroatoms. The lowest BCUT2D eigenvalue weighted by Gasteiger charge is -2.16. The number of fused-ring (bicyclic) bond motifs is 1. The third-order valence-electron chi connectivity index (χ3n) is 5.59. The Bertz CT molecular complexity index is 1380. The molecule has 0 radical (unpaired) electrons. The van der Waals surface area contributed by atoms with Crippen molar-refractivity contribution >= 4 is 43.2 Å². The predicted molar refractivity (Wildman–Crippen MR) is 136 cm³/mol. The summed E-state index contributed by atoms with van der Waals surface area (Å²) in [5.74, 6) is -1.39. The summed E-state index contributed by atoms with van der Waals surface area (Å²) in [5.41, 5.74) is 4.19. The van der Waals surface area contributed by atoms with Gasteiger partial charge in [0.2, 0.25) is 11.8 Å². The molecule has 3 aromatic rings. The van der Waals surface area contributed by atoms with Crippen LogP contribution in [-0.4, -0.2) is 53.8 Å². The number of nitrogens with zero attached hydrogens (tertiary/aromatic N) is 3. The molecule has 9 nitrogen and oxygen atoms in total. The van der Waals surface area contributed by atoms with Crippen molar-refractivity contribution in [2.75, 3.05) is 12.3 Å². The van der Waals surface area contributed by atoms with Crippen molar-refractivity contribution in [1.82, 2.24) is 25.8 Å². The fraction of sp³-hybridized carbons (Fsp3) is 0.458. The fourth-order valence-corrected chi connectivity index (χ4v) is 7.34. The van der Waals surface area contributed by atoms with Crippen LogP contribution in [0.15, 0.2) is 24.4 Å². The van der Waals surface area contributed by atoms with Crippen LogP contribution in [0.2, 0.25) is 0 Å². The van der Waals surface area contributed by atoms with Gasteiger partial charge in [-0.05, 0) is 61.9 Å². The number of aryl methyl sites for hydroxylation is 2. The molecule has 0 saturated heterocycles. The first kappa shape index (κ1) is 25.2. The maximum atomic E-state index is 13.3. The second kappa shape index (κ2) is 9.98. The summed E-state index contributed by atoms with van der Waals surface area (Å²) in [5, 5.41) is 12.0. The van der Waals surface area contributed by atoms with Gasteiger partial charge in [-0.15, -0.1) is 11.3 Å². The second-order valence-electron chi connectivity index (χ2n) is 9.44. The molecule has 35 heavy (non-hydrogen) atoms. The van der Waals surface area contributed by atoms with Gasteiger partial charge in [-0.2, -0.15) is 10.2 Å². The Balaban J connectivity index is 1.68. The molecule has 1 aliphatic rings. The number of benzene rings is 1. The second-order valence-corrected chi connectivity index (χ2v) is 12.6. The topological polar surface area (TPSA) is 131 Å². The van der Waals surface area contributed by atoms with Gasteiger partial charge in [-0.3, -0.25) is 9.59 Å². The van der Waals surface area contributed by atoms with Crippen molar-refractivity contribution < 1.29 is 18.0 Å². The van der Waals surface area contributed by atoms with E-state index in [-0.39, 0.29) is 35.2 Å². The molecule has 2 aromatic heterocycles. The van der Waals surface area contributed by atoms with E-state index >= 15 is 0 Å². The molecule has 2 heterocycles. The van der Waals surface area contributed by atoms with E-state index in [0.29, 0.717) is 5.52 Å². The fourth-order valence-electron chi connectivity index (χ4n) is 3.90. The maximum Gasteiger partial charge on any atom is 0.245 e. The van der Waals surface area contributed by atoms with Gasteiger partial charge in [0, 0.05) is 11.6 Å². The van der Waals surface area contributed by atoms with Crippen LogP contribution in [0.1, 0.15) is 48.2 Å². The average molecular weight is 516 g/mol. The van der Waals surface area contributed by atoms with Crippen molar-refractivity contribution in [3.63, 3.8) is 0 Å². The number of hydrogen-bond acceptors (Lipinski definition) is 8. The first-order valence-corrected chi connectivity index (χ1v) is 14.1. The molecular formula is C24H29N5O4S2. The minimum Gasteiger partial charge on any atom is -0.352 e. The molecule has 0 aliphatic heterocycles. The van der Waals surface area contributed by atoms with Crippen LogP contribution < -0.4 is 10.6 Å². The lowest BCUT2D eigenvalue weighted by molar-refractivity contribution is -0.126. The van der Waals surface area contributed by atoms with Gasteiger partial charge in [0.15, 0.2) is 15.1 Å². The molecule has 1 fully saturated rings. The Labute approximate surface area is 208 Å². The molecule has 1 unspecified atom stereocenters. The summed E-state index contributed by atoms with van der Waals surface area (Å²) in [6.45, 7) is 7.11. The minimum absolute atomic E-state index is 0.154. The predicted octanol–water partition coefficient (Wildman–Crippen LogP) is 2.88. The quantitative estimate of drug-likeness (QED) is 0.448. The molecule has 186 valence electrons. The van der Waals surface area contributed by atoms with Crippen LogP contribution in [0.25, 0.3) is 21.3 Å². The van der Waals surface area contributed by atoms with Gasteiger partial charge in [0.25, 0.3) is 0 Å². The summed E-state index contributed by atoms with van der Waals surface area (Å²) < 4.78 is 27.3. The number of sulfone groups is 1. The number of nitrogens with one attached hydrogen (secondary N) is 2. The Kier molecular flexibility index (Phi) is 7.18. The van der Waals surface area contributed by atoms with E-state index in [0.717, 1.165) is 39.9 Å². The lowest BCUT2D eigenvalue weighted by Crippen LogP contribution is -2.42. The van der Waals surface area contributed by atoms with Crippen LogP contribution in [0, 0.1) is 19.8 Å². The summed E-state index contributed by atoms with van der Waals surface area (Å²) in [4.78, 5) is 29.7. The van der Waals surface area contributed by atoms with Gasteiger partial charge in [0.05, 0.1) is 34.4 Å². The average Bonchev–Trinajstić information content (AvgIpc) is 3.48. The molecule has 0 spiro atoms. The Morgan fingerprint density at radius 1 is 1.17 bits per heavy atom. The van der Waals surface area contributed by atoms with Crippen LogP contribution >= 0.6 is 11.3 Å². The number of rotatable bonds is 9. The number of thiazole rings is 1. The lowest BCUT2D eigenvalue weighted by atomic mass is 10.0. The maximum absolute atomic E-state index is 13.3. The largest absolute Gasteiger partial charge is 0.352 e. The molecule has 1 aliphatic carbocycles. The Hall–Kier alpha value is -2.92. The number of amides is 2. The highest BCUT2D eigenvalue weighted by molar-refractivity contribution is 7.92. The van der Waals surface area contributed by atoms with Crippen LogP contribution in [0.5, 0.6) is 0 Å². The number of carbonyl (C=O) groups excluding carboxylic acids is 2. The molecule has 4 rings (SSSR count). The van der Waals surface area contributed by atoms with Crippen LogP contribution in [0.4, 0.5) is 0 Å². The molecule has 1 aromatic carbocycles. The number of aromatic nitrogens is 3. The third-order valence-corrected chi connectivity index (χ3v) is 9.11. The van der Waals surface area contributed by atoms with Gasteiger partial charge < -0.3 is 10.6 Å². The highest BCUT2D eigenvalue weighted by atomic mass is 32.2. The van der Waals surface area contributed by atoms with E-state index in [1.165, 1.54) is 11.3 Å². The molecule has 0 bridgehead atoms. The molecule has 2 amide bonds. The van der Waals surface area contributed by atoms with Crippen molar-refractivity contribution in [2.24, 2.45) is 5.92 Å². The van der Waals surface area contributed by atoms with Crippen molar-refractivity contribution in [2.45, 2.75) is 51.8 Å². The number of carbonyl (C=O) groups is 2. The van der Waals surface area contributed by atoms with Gasteiger partial charge in [-0.25, -0.2) is 13.4 Å². The van der Waals surface area contributed by atoms with Crippen molar-refractivity contribution in [3.05, 3.63) is 40.7 Å². The molecule has 1 atom stereocenters. The van der Waals surface area contributed by atoms with E-state index in [9.17, 15) is 18.0 Å².